The number of nitrogens with zero attached hydrogens (tertiary/aromatic N) is 2. The van der Waals surface area contributed by atoms with E-state index >= 15 is 0 Å². The molecule has 2 fully saturated rings. The molecule has 3 rings (SSSR count). The summed E-state index contributed by atoms with van der Waals surface area (Å²) < 4.78 is 29.1. The third-order valence-electron chi connectivity index (χ3n) is 5.76. The van der Waals surface area contributed by atoms with Crippen LogP contribution in [0.2, 0.25) is 0 Å². The second kappa shape index (κ2) is 9.11. The number of esters is 1. The molecular weight excluding hydrogens is 394 g/mol. The van der Waals surface area contributed by atoms with Gasteiger partial charge in [0.05, 0.1) is 30.8 Å². The Morgan fingerprint density at radius 2 is 2.07 bits per heavy atom. The van der Waals surface area contributed by atoms with E-state index in [2.05, 4.69) is 9.88 Å². The van der Waals surface area contributed by atoms with Gasteiger partial charge < -0.3 is 9.64 Å². The van der Waals surface area contributed by atoms with Gasteiger partial charge in [-0.25, -0.2) is 18.2 Å². The van der Waals surface area contributed by atoms with Crippen LogP contribution in [0.25, 0.3) is 0 Å². The van der Waals surface area contributed by atoms with Crippen molar-refractivity contribution < 1.29 is 27.7 Å². The lowest BCUT2D eigenvalue weighted by Gasteiger charge is -2.33. The lowest BCUT2D eigenvalue weighted by atomic mass is 10.1. The van der Waals surface area contributed by atoms with Crippen molar-refractivity contribution in [2.24, 2.45) is 0 Å². The Labute approximate surface area is 172 Å². The zero-order valence-corrected chi connectivity index (χ0v) is 17.9. The van der Waals surface area contributed by atoms with Gasteiger partial charge >= 0.3 is 5.97 Å². The average Bonchev–Trinajstić information content (AvgIpc) is 3.36. The molecule has 1 aromatic rings. The summed E-state index contributed by atoms with van der Waals surface area (Å²) in [5.74, 6) is -0.124. The Kier molecular flexibility index (Phi) is 6.77. The second-order valence-electron chi connectivity index (χ2n) is 7.82. The van der Waals surface area contributed by atoms with E-state index in [0.29, 0.717) is 24.2 Å². The van der Waals surface area contributed by atoms with E-state index in [1.807, 2.05) is 13.8 Å². The predicted molar refractivity (Wildman–Crippen MR) is 108 cm³/mol. The Balaban J connectivity index is 1.68. The van der Waals surface area contributed by atoms with Crippen LogP contribution >= 0.6 is 0 Å². The number of nitrogens with one attached hydrogen (secondary N) is 1. The maximum Gasteiger partial charge on any atom is 0.347 e. The van der Waals surface area contributed by atoms with Gasteiger partial charge in [-0.15, -0.1) is 0 Å². The zero-order chi connectivity index (χ0) is 21.0. The van der Waals surface area contributed by atoms with Gasteiger partial charge in [-0.1, -0.05) is 6.92 Å². The summed E-state index contributed by atoms with van der Waals surface area (Å²) in [6, 6.07) is 2.94. The molecule has 160 valence electrons. The number of aromatic nitrogens is 1. The standard InChI is InChI=1S/C20H29N3O5S/c1-3-15(2)23(16-8-12-29(26,27)14-16)18(24)13-28-20(25)17-7-6-9-21-19(17)22-10-4-5-11-22/h6-7,9,15-16H,3-5,8,10-14H2,1-2H3/p+1/t15-,16-/m1/s1. The highest BCUT2D eigenvalue weighted by atomic mass is 32.2. The van der Waals surface area contributed by atoms with Crippen molar-refractivity contribution in [3.05, 3.63) is 23.9 Å². The third kappa shape index (κ3) is 5.07. The van der Waals surface area contributed by atoms with Gasteiger partial charge in [-0.2, -0.15) is 0 Å². The van der Waals surface area contributed by atoms with Gasteiger partial charge in [0.1, 0.15) is 5.56 Å². The first-order chi connectivity index (χ1) is 13.8. The number of carbonyl (C=O) groups is 2. The summed E-state index contributed by atoms with van der Waals surface area (Å²) in [6.45, 7) is 5.19. The minimum atomic E-state index is -3.12. The fourth-order valence-corrected chi connectivity index (χ4v) is 5.79. The van der Waals surface area contributed by atoms with Crippen LogP contribution in [0.4, 0.5) is 5.82 Å². The number of hydrogen-bond donors (Lipinski definition) is 0. The minimum Gasteiger partial charge on any atom is -0.452 e. The van der Waals surface area contributed by atoms with Crippen LogP contribution in [-0.2, 0) is 19.4 Å². The maximum absolute atomic E-state index is 12.9. The number of H-pyrrole nitrogens is 1. The predicted octanol–water partition coefficient (Wildman–Crippen LogP) is 1.07. The molecule has 2 saturated heterocycles. The summed E-state index contributed by atoms with van der Waals surface area (Å²) in [5, 5.41) is 0. The van der Waals surface area contributed by atoms with E-state index in [1.54, 1.807) is 23.2 Å². The number of anilines is 1. The number of rotatable bonds is 7. The first kappa shape index (κ1) is 21.5. The maximum atomic E-state index is 12.9. The van der Waals surface area contributed by atoms with Crippen molar-refractivity contribution in [2.45, 2.75) is 51.6 Å². The van der Waals surface area contributed by atoms with E-state index in [0.717, 1.165) is 25.9 Å². The van der Waals surface area contributed by atoms with Crippen molar-refractivity contribution in [1.29, 1.82) is 0 Å². The van der Waals surface area contributed by atoms with Crippen molar-refractivity contribution in [1.82, 2.24) is 4.90 Å². The highest BCUT2D eigenvalue weighted by Gasteiger charge is 2.37. The lowest BCUT2D eigenvalue weighted by Crippen LogP contribution is -2.48. The summed E-state index contributed by atoms with van der Waals surface area (Å²) >= 11 is 0. The van der Waals surface area contributed by atoms with Gasteiger partial charge in [0, 0.05) is 12.1 Å². The molecule has 0 aromatic carbocycles. The smallest absolute Gasteiger partial charge is 0.347 e. The van der Waals surface area contributed by atoms with Crippen molar-refractivity contribution in [3.8, 4) is 0 Å². The second-order valence-corrected chi connectivity index (χ2v) is 10.0. The fourth-order valence-electron chi connectivity index (χ4n) is 4.08. The number of amides is 1. The molecule has 8 nitrogen and oxygen atoms in total. The first-order valence-corrected chi connectivity index (χ1v) is 12.1. The van der Waals surface area contributed by atoms with Gasteiger partial charge in [0.25, 0.3) is 11.7 Å². The summed E-state index contributed by atoms with van der Waals surface area (Å²) in [4.78, 5) is 32.3. The number of carbonyl (C=O) groups excluding carboxylic acids is 2. The Morgan fingerprint density at radius 1 is 1.34 bits per heavy atom. The number of aromatic amines is 1. The fraction of sp³-hybridized carbons (Fsp3) is 0.650. The van der Waals surface area contributed by atoms with Crippen molar-refractivity contribution in [3.63, 3.8) is 0 Å². The molecule has 2 aliphatic rings. The van der Waals surface area contributed by atoms with Gasteiger partial charge in [0.15, 0.2) is 16.4 Å². The highest BCUT2D eigenvalue weighted by molar-refractivity contribution is 7.91. The summed E-state index contributed by atoms with van der Waals surface area (Å²) in [6.07, 6.45) is 5.04. The molecule has 29 heavy (non-hydrogen) atoms. The van der Waals surface area contributed by atoms with E-state index in [9.17, 15) is 18.0 Å². The molecule has 0 unspecified atom stereocenters. The van der Waals surface area contributed by atoms with E-state index in [1.165, 1.54) is 0 Å². The minimum absolute atomic E-state index is 0.0240. The molecule has 0 spiro atoms. The van der Waals surface area contributed by atoms with Gasteiger partial charge in [0.2, 0.25) is 0 Å². The lowest BCUT2D eigenvalue weighted by molar-refractivity contribution is -0.364. The average molecular weight is 425 g/mol. The Morgan fingerprint density at radius 3 is 2.69 bits per heavy atom. The van der Waals surface area contributed by atoms with E-state index in [4.69, 9.17) is 4.74 Å². The topological polar surface area (TPSA) is 98.1 Å². The molecule has 0 saturated carbocycles. The molecule has 1 aromatic heterocycles. The Bertz CT molecular complexity index is 851. The zero-order valence-electron chi connectivity index (χ0n) is 17.1. The molecule has 9 heteroatoms. The molecular formula is C20H30N3O5S+. The van der Waals surface area contributed by atoms with Crippen LogP contribution in [0.3, 0.4) is 0 Å². The Hall–Kier alpha value is -2.16. The summed E-state index contributed by atoms with van der Waals surface area (Å²) in [7, 11) is -3.12. The van der Waals surface area contributed by atoms with Crippen LogP contribution in [-0.4, -0.2) is 68.5 Å². The molecule has 0 aliphatic carbocycles. The molecule has 2 aliphatic heterocycles. The van der Waals surface area contributed by atoms with Crippen LogP contribution in [0.15, 0.2) is 18.3 Å². The monoisotopic (exact) mass is 424 g/mol. The SMILES string of the molecule is CC[C@@H](C)N(C(=O)COC(=O)c1ccc[nH+]c1N1CCCC1)[C@@H]1CCS(=O)(=O)C1. The van der Waals surface area contributed by atoms with Crippen LogP contribution in [0, 0.1) is 0 Å². The van der Waals surface area contributed by atoms with Crippen LogP contribution < -0.4 is 9.88 Å². The van der Waals surface area contributed by atoms with Crippen molar-refractivity contribution in [2.75, 3.05) is 36.1 Å². The van der Waals surface area contributed by atoms with Crippen LogP contribution in [0.5, 0.6) is 0 Å². The van der Waals surface area contributed by atoms with E-state index in [-0.39, 0.29) is 29.5 Å². The van der Waals surface area contributed by atoms with Gasteiger partial charge in [-0.05, 0) is 44.7 Å². The van der Waals surface area contributed by atoms with Gasteiger partial charge in [-0.3, -0.25) is 9.69 Å². The van der Waals surface area contributed by atoms with Crippen LogP contribution in [0.1, 0.15) is 49.9 Å². The molecule has 2 atom stereocenters. The number of hydrogen-bond acceptors (Lipinski definition) is 6. The molecule has 1 N–H and O–H groups in total. The normalized spacial score (nSPS) is 21.7. The molecule has 1 amide bonds. The van der Waals surface area contributed by atoms with Crippen molar-refractivity contribution >= 4 is 27.5 Å². The third-order valence-corrected chi connectivity index (χ3v) is 7.51. The number of ether oxygens (including phenoxy) is 1. The quantitative estimate of drug-likeness (QED) is 0.608. The first-order valence-electron chi connectivity index (χ1n) is 10.3. The molecule has 0 bridgehead atoms. The molecule has 3 heterocycles. The highest BCUT2D eigenvalue weighted by Crippen LogP contribution is 2.23. The number of pyridine rings is 1. The molecule has 0 radical (unpaired) electrons. The largest absolute Gasteiger partial charge is 0.452 e. The number of sulfone groups is 1. The van der Waals surface area contributed by atoms with E-state index < -0.39 is 22.4 Å². The summed E-state index contributed by atoms with van der Waals surface area (Å²) in [5.41, 5.74) is 0.403.